The van der Waals surface area contributed by atoms with E-state index in [2.05, 4.69) is 26.8 Å². The van der Waals surface area contributed by atoms with Crippen molar-refractivity contribution in [2.75, 3.05) is 0 Å². The van der Waals surface area contributed by atoms with Gasteiger partial charge in [0.15, 0.2) is 0 Å². The summed E-state index contributed by atoms with van der Waals surface area (Å²) in [5.41, 5.74) is 2.03. The summed E-state index contributed by atoms with van der Waals surface area (Å²) in [5, 5.41) is 10.5. The summed E-state index contributed by atoms with van der Waals surface area (Å²) in [4.78, 5) is 0. The Labute approximate surface area is 98.9 Å². The maximum absolute atomic E-state index is 10.5. The summed E-state index contributed by atoms with van der Waals surface area (Å²) in [6.07, 6.45) is 8.58. The molecule has 0 saturated heterocycles. The molecular formula is C15H24O. The molecule has 0 amide bonds. The van der Waals surface area contributed by atoms with Gasteiger partial charge >= 0.3 is 0 Å². The van der Waals surface area contributed by atoms with Crippen molar-refractivity contribution < 1.29 is 5.11 Å². The van der Waals surface area contributed by atoms with Gasteiger partial charge in [0.25, 0.3) is 0 Å². The molecule has 0 aromatic rings. The zero-order valence-electron chi connectivity index (χ0n) is 10.8. The summed E-state index contributed by atoms with van der Waals surface area (Å²) in [6.45, 7) is 7.00. The lowest BCUT2D eigenvalue weighted by Gasteiger charge is -2.40. The van der Waals surface area contributed by atoms with Crippen molar-refractivity contribution in [3.8, 4) is 0 Å². The molecule has 1 nitrogen and oxygen atoms in total. The Bertz CT molecular complexity index is 341. The van der Waals surface area contributed by atoms with Gasteiger partial charge < -0.3 is 5.11 Å². The van der Waals surface area contributed by atoms with Crippen molar-refractivity contribution in [3.05, 3.63) is 11.6 Å². The third kappa shape index (κ3) is 1.21. The average molecular weight is 220 g/mol. The van der Waals surface area contributed by atoms with Gasteiger partial charge in [-0.15, -0.1) is 0 Å². The third-order valence-electron chi connectivity index (χ3n) is 5.80. The molecule has 90 valence electrons. The lowest BCUT2D eigenvalue weighted by atomic mass is 9.65. The highest BCUT2D eigenvalue weighted by atomic mass is 16.3. The first-order valence-corrected chi connectivity index (χ1v) is 6.83. The summed E-state index contributed by atoms with van der Waals surface area (Å²) in [6, 6.07) is 0. The van der Waals surface area contributed by atoms with E-state index in [-0.39, 0.29) is 11.5 Å². The van der Waals surface area contributed by atoms with E-state index in [0.29, 0.717) is 11.3 Å². The number of aliphatic hydroxyl groups is 1. The molecule has 2 saturated carbocycles. The molecule has 1 spiro atoms. The van der Waals surface area contributed by atoms with Crippen LogP contribution in [0.5, 0.6) is 0 Å². The number of aliphatic hydroxyl groups excluding tert-OH is 1. The largest absolute Gasteiger partial charge is 0.392 e. The van der Waals surface area contributed by atoms with Gasteiger partial charge in [0.05, 0.1) is 6.10 Å². The monoisotopic (exact) mass is 220 g/mol. The van der Waals surface area contributed by atoms with E-state index in [1.807, 2.05) is 0 Å². The van der Waals surface area contributed by atoms with Crippen LogP contribution in [0, 0.1) is 22.7 Å². The lowest BCUT2D eigenvalue weighted by molar-refractivity contribution is 0.0504. The van der Waals surface area contributed by atoms with Crippen LogP contribution in [-0.2, 0) is 0 Å². The van der Waals surface area contributed by atoms with Crippen LogP contribution in [-0.4, -0.2) is 11.2 Å². The summed E-state index contributed by atoms with van der Waals surface area (Å²) in [7, 11) is 0. The van der Waals surface area contributed by atoms with Gasteiger partial charge in [-0.25, -0.2) is 0 Å². The Balaban J connectivity index is 2.11. The maximum Gasteiger partial charge on any atom is 0.0639 e. The zero-order chi connectivity index (χ0) is 11.6. The van der Waals surface area contributed by atoms with E-state index in [1.165, 1.54) is 25.7 Å². The minimum Gasteiger partial charge on any atom is -0.392 e. The second kappa shape index (κ2) is 3.13. The second-order valence-corrected chi connectivity index (χ2v) is 7.07. The number of fused-ring (bicyclic) bond motifs is 2. The van der Waals surface area contributed by atoms with Gasteiger partial charge in [-0.2, -0.15) is 0 Å². The molecule has 4 aliphatic carbocycles. The van der Waals surface area contributed by atoms with Crippen molar-refractivity contribution in [3.63, 3.8) is 0 Å². The molecule has 4 aliphatic rings. The SMILES string of the molecule is CC1=CC23CCC1CCC2C(C)(C)C[C@@H]3O. The number of allylic oxidation sites excluding steroid dienone is 1. The summed E-state index contributed by atoms with van der Waals surface area (Å²) >= 11 is 0. The maximum atomic E-state index is 10.5. The van der Waals surface area contributed by atoms with Crippen LogP contribution in [0.15, 0.2) is 11.6 Å². The zero-order valence-corrected chi connectivity index (χ0v) is 10.8. The predicted molar refractivity (Wildman–Crippen MR) is 66.0 cm³/mol. The van der Waals surface area contributed by atoms with Crippen LogP contribution in [0.4, 0.5) is 0 Å². The van der Waals surface area contributed by atoms with E-state index in [0.717, 1.165) is 12.3 Å². The highest BCUT2D eigenvalue weighted by Gasteiger charge is 2.58. The molecule has 4 rings (SSSR count). The fraction of sp³-hybridized carbons (Fsp3) is 0.867. The van der Waals surface area contributed by atoms with Crippen LogP contribution < -0.4 is 0 Å². The molecule has 1 N–H and O–H groups in total. The third-order valence-corrected chi connectivity index (χ3v) is 5.80. The number of hydrogen-bond donors (Lipinski definition) is 1. The minimum atomic E-state index is -0.0958. The fourth-order valence-corrected chi connectivity index (χ4v) is 4.99. The van der Waals surface area contributed by atoms with Crippen LogP contribution in [0.3, 0.4) is 0 Å². The molecule has 0 aromatic carbocycles. The normalized spacial score (nSPS) is 49.8. The fourth-order valence-electron chi connectivity index (χ4n) is 4.99. The molecule has 4 atom stereocenters. The second-order valence-electron chi connectivity index (χ2n) is 7.07. The van der Waals surface area contributed by atoms with Gasteiger partial charge in [-0.3, -0.25) is 0 Å². The summed E-state index contributed by atoms with van der Waals surface area (Å²) in [5.74, 6) is 1.52. The van der Waals surface area contributed by atoms with Crippen LogP contribution in [0.1, 0.15) is 52.9 Å². The van der Waals surface area contributed by atoms with Crippen molar-refractivity contribution >= 4 is 0 Å². The molecule has 0 aromatic heterocycles. The molecule has 0 aliphatic heterocycles. The van der Waals surface area contributed by atoms with Crippen molar-refractivity contribution in [1.82, 2.24) is 0 Å². The Hall–Kier alpha value is -0.300. The topological polar surface area (TPSA) is 20.2 Å². The molecule has 3 unspecified atom stereocenters. The van der Waals surface area contributed by atoms with E-state index in [9.17, 15) is 5.11 Å². The van der Waals surface area contributed by atoms with E-state index < -0.39 is 0 Å². The van der Waals surface area contributed by atoms with Gasteiger partial charge in [-0.1, -0.05) is 25.5 Å². The molecule has 0 radical (unpaired) electrons. The van der Waals surface area contributed by atoms with Crippen LogP contribution in [0.2, 0.25) is 0 Å². The van der Waals surface area contributed by atoms with Gasteiger partial charge in [-0.05, 0) is 56.3 Å². The highest BCUT2D eigenvalue weighted by Crippen LogP contribution is 2.63. The molecule has 2 bridgehead atoms. The molecule has 1 heteroatoms. The Morgan fingerprint density at radius 1 is 1.25 bits per heavy atom. The van der Waals surface area contributed by atoms with Gasteiger partial charge in [0, 0.05) is 5.41 Å². The predicted octanol–water partition coefficient (Wildman–Crippen LogP) is 3.53. The van der Waals surface area contributed by atoms with Gasteiger partial charge in [0.1, 0.15) is 0 Å². The highest BCUT2D eigenvalue weighted by molar-refractivity contribution is 5.25. The van der Waals surface area contributed by atoms with Crippen molar-refractivity contribution in [2.24, 2.45) is 22.7 Å². The molecule has 16 heavy (non-hydrogen) atoms. The van der Waals surface area contributed by atoms with E-state index in [1.54, 1.807) is 5.57 Å². The number of hydrogen-bond acceptors (Lipinski definition) is 1. The standard InChI is InChI=1S/C15H24O/c1-10-8-15-7-6-11(10)4-5-12(15)14(2,3)9-13(15)16/h8,11-13,16H,4-7,9H2,1-3H3/t11?,12?,13-,15?/m0/s1. The molecule has 2 fully saturated rings. The quantitative estimate of drug-likeness (QED) is 0.619. The lowest BCUT2D eigenvalue weighted by Crippen LogP contribution is -2.36. The van der Waals surface area contributed by atoms with Crippen molar-refractivity contribution in [2.45, 2.75) is 59.0 Å². The smallest absolute Gasteiger partial charge is 0.0639 e. The first kappa shape index (κ1) is 10.8. The van der Waals surface area contributed by atoms with Crippen LogP contribution in [0.25, 0.3) is 0 Å². The van der Waals surface area contributed by atoms with E-state index in [4.69, 9.17) is 0 Å². The Morgan fingerprint density at radius 2 is 2.00 bits per heavy atom. The summed E-state index contributed by atoms with van der Waals surface area (Å²) < 4.78 is 0. The Kier molecular flexibility index (Phi) is 2.12. The number of rotatable bonds is 0. The average Bonchev–Trinajstić information content (AvgIpc) is 2.38. The van der Waals surface area contributed by atoms with Crippen LogP contribution >= 0.6 is 0 Å². The minimum absolute atomic E-state index is 0.0958. The Morgan fingerprint density at radius 3 is 2.69 bits per heavy atom. The first-order chi connectivity index (χ1) is 7.46. The molecular weight excluding hydrogens is 196 g/mol. The van der Waals surface area contributed by atoms with Crippen molar-refractivity contribution in [1.29, 1.82) is 0 Å². The van der Waals surface area contributed by atoms with E-state index >= 15 is 0 Å². The first-order valence-electron chi connectivity index (χ1n) is 6.83. The molecule has 0 heterocycles. The van der Waals surface area contributed by atoms with Gasteiger partial charge in [0.2, 0.25) is 0 Å².